The van der Waals surface area contributed by atoms with Crippen LogP contribution in [-0.2, 0) is 9.53 Å². The lowest BCUT2D eigenvalue weighted by Gasteiger charge is -2.30. The number of carboxylic acid groups (broad SMARTS) is 1. The number of rotatable bonds is 4. The van der Waals surface area contributed by atoms with E-state index in [2.05, 4.69) is 24.3 Å². The van der Waals surface area contributed by atoms with Crippen LogP contribution in [-0.4, -0.2) is 16.7 Å². The molecular weight excluding hydrogens is 348 g/mol. The largest absolute Gasteiger partial charge is 0.479 e. The molecule has 0 radical (unpaired) electrons. The predicted octanol–water partition coefficient (Wildman–Crippen LogP) is 6.44. The highest BCUT2D eigenvalue weighted by Crippen LogP contribution is 2.57. The Hall–Kier alpha value is -2.13. The van der Waals surface area contributed by atoms with Gasteiger partial charge in [-0.3, -0.25) is 0 Å². The molecule has 2 aliphatic rings. The van der Waals surface area contributed by atoms with Gasteiger partial charge in [0, 0.05) is 5.56 Å². The molecule has 1 N–H and O–H groups in total. The maximum atomic E-state index is 12.3. The van der Waals surface area contributed by atoms with Crippen molar-refractivity contribution in [2.45, 2.75) is 71.5 Å². The summed E-state index contributed by atoms with van der Waals surface area (Å²) in [5.74, 6) is -0.926. The number of carboxylic acids is 1. The topological polar surface area (TPSA) is 46.5 Å². The van der Waals surface area contributed by atoms with E-state index in [0.717, 1.165) is 40.3 Å². The molecule has 0 bridgehead atoms. The summed E-state index contributed by atoms with van der Waals surface area (Å²) in [4.78, 5) is 12.3. The third-order valence-electron chi connectivity index (χ3n) is 6.24. The first-order valence-electron chi connectivity index (χ1n) is 10.3. The lowest BCUT2D eigenvalue weighted by molar-refractivity contribution is -0.160. The Labute approximate surface area is 167 Å². The lowest BCUT2D eigenvalue weighted by Crippen LogP contribution is -2.28. The van der Waals surface area contributed by atoms with Crippen LogP contribution in [0.25, 0.3) is 16.3 Å². The molecule has 0 heterocycles. The number of benzene rings is 2. The van der Waals surface area contributed by atoms with Gasteiger partial charge >= 0.3 is 5.97 Å². The van der Waals surface area contributed by atoms with Crippen LogP contribution >= 0.6 is 0 Å². The van der Waals surface area contributed by atoms with E-state index in [9.17, 15) is 9.90 Å². The maximum Gasteiger partial charge on any atom is 0.337 e. The van der Waals surface area contributed by atoms with E-state index in [-0.39, 0.29) is 0 Å². The normalized spacial score (nSPS) is 19.5. The molecule has 0 amide bonds. The molecule has 2 aromatic rings. The number of hydrogen-bond acceptors (Lipinski definition) is 2. The van der Waals surface area contributed by atoms with Crippen LogP contribution in [0.3, 0.4) is 0 Å². The van der Waals surface area contributed by atoms with E-state index >= 15 is 0 Å². The molecule has 28 heavy (non-hydrogen) atoms. The van der Waals surface area contributed by atoms with Gasteiger partial charge in [-0.05, 0) is 92.7 Å². The van der Waals surface area contributed by atoms with Gasteiger partial charge in [-0.1, -0.05) is 36.4 Å². The van der Waals surface area contributed by atoms with E-state index in [1.165, 1.54) is 24.8 Å². The van der Waals surface area contributed by atoms with Crippen molar-refractivity contribution in [2.75, 3.05) is 0 Å². The Morgan fingerprint density at radius 2 is 1.89 bits per heavy atom. The molecule has 148 valence electrons. The number of aliphatic carboxylic acids is 1. The van der Waals surface area contributed by atoms with Gasteiger partial charge in [0.2, 0.25) is 0 Å². The first-order valence-corrected chi connectivity index (χ1v) is 10.3. The lowest BCUT2D eigenvalue weighted by atomic mass is 9.79. The highest BCUT2D eigenvalue weighted by molar-refractivity contribution is 5.98. The van der Waals surface area contributed by atoms with Crippen molar-refractivity contribution in [1.82, 2.24) is 0 Å². The van der Waals surface area contributed by atoms with E-state index in [1.54, 1.807) is 0 Å². The summed E-state index contributed by atoms with van der Waals surface area (Å²) in [6, 6.07) is 10.4. The zero-order valence-corrected chi connectivity index (χ0v) is 17.3. The molecule has 3 nitrogen and oxygen atoms in total. The van der Waals surface area contributed by atoms with Gasteiger partial charge in [-0.2, -0.15) is 0 Å². The fraction of sp³-hybridized carbons (Fsp3) is 0.480. The molecule has 1 spiro atoms. The molecule has 0 unspecified atom stereocenters. The number of ether oxygens (including phenoxy) is 1. The van der Waals surface area contributed by atoms with Crippen LogP contribution in [0.5, 0.6) is 0 Å². The minimum Gasteiger partial charge on any atom is -0.479 e. The summed E-state index contributed by atoms with van der Waals surface area (Å²) in [6.07, 6.45) is 7.41. The summed E-state index contributed by atoms with van der Waals surface area (Å²) in [5.41, 5.74) is 4.17. The summed E-state index contributed by atoms with van der Waals surface area (Å²) in [6.45, 7) is 7.75. The SMILES string of the molecule is Cc1cc2ccccc2c(C2=CCC3(CC2)CC3)c1[C@H](OC(C)(C)C)C(=O)O. The van der Waals surface area contributed by atoms with Gasteiger partial charge < -0.3 is 9.84 Å². The molecule has 4 rings (SSSR count). The van der Waals surface area contributed by atoms with Crippen LogP contribution in [0.4, 0.5) is 0 Å². The van der Waals surface area contributed by atoms with Crippen molar-refractivity contribution in [3.63, 3.8) is 0 Å². The molecular formula is C25H30O3. The first-order chi connectivity index (χ1) is 13.2. The van der Waals surface area contributed by atoms with Gasteiger partial charge in [0.25, 0.3) is 0 Å². The third kappa shape index (κ3) is 3.60. The van der Waals surface area contributed by atoms with Crippen LogP contribution < -0.4 is 0 Å². The number of aryl methyl sites for hydroxylation is 1. The first kappa shape index (κ1) is 19.2. The molecule has 1 saturated carbocycles. The zero-order chi connectivity index (χ0) is 20.1. The molecule has 1 fully saturated rings. The second-order valence-corrected chi connectivity index (χ2v) is 9.59. The van der Waals surface area contributed by atoms with Crippen molar-refractivity contribution < 1.29 is 14.6 Å². The second kappa shape index (κ2) is 6.73. The van der Waals surface area contributed by atoms with Gasteiger partial charge in [0.15, 0.2) is 6.10 Å². The Kier molecular flexibility index (Phi) is 4.62. The Balaban J connectivity index is 1.93. The third-order valence-corrected chi connectivity index (χ3v) is 6.24. The van der Waals surface area contributed by atoms with Crippen molar-refractivity contribution in [3.05, 3.63) is 53.1 Å². The summed E-state index contributed by atoms with van der Waals surface area (Å²) >= 11 is 0. The summed E-state index contributed by atoms with van der Waals surface area (Å²) < 4.78 is 6.07. The van der Waals surface area contributed by atoms with Gasteiger partial charge in [-0.15, -0.1) is 0 Å². The van der Waals surface area contributed by atoms with Crippen molar-refractivity contribution in [2.24, 2.45) is 5.41 Å². The van der Waals surface area contributed by atoms with E-state index in [1.807, 2.05) is 39.8 Å². The van der Waals surface area contributed by atoms with Crippen molar-refractivity contribution in [1.29, 1.82) is 0 Å². The fourth-order valence-electron chi connectivity index (χ4n) is 4.58. The number of allylic oxidation sites excluding steroid dienone is 2. The minimum atomic E-state index is -0.975. The van der Waals surface area contributed by atoms with Crippen LogP contribution in [0.1, 0.15) is 75.7 Å². The monoisotopic (exact) mass is 378 g/mol. The van der Waals surface area contributed by atoms with Crippen LogP contribution in [0, 0.1) is 12.3 Å². The minimum absolute atomic E-state index is 0.539. The fourth-order valence-corrected chi connectivity index (χ4v) is 4.58. The van der Waals surface area contributed by atoms with Crippen molar-refractivity contribution in [3.8, 4) is 0 Å². The highest BCUT2D eigenvalue weighted by atomic mass is 16.5. The van der Waals surface area contributed by atoms with E-state index in [4.69, 9.17) is 4.74 Å². The molecule has 1 atom stereocenters. The molecule has 0 aliphatic heterocycles. The second-order valence-electron chi connectivity index (χ2n) is 9.59. The molecule has 2 aromatic carbocycles. The Morgan fingerprint density at radius 3 is 2.46 bits per heavy atom. The molecule has 0 aromatic heterocycles. The average Bonchev–Trinajstić information content (AvgIpc) is 3.38. The summed E-state index contributed by atoms with van der Waals surface area (Å²) in [7, 11) is 0. The quantitative estimate of drug-likeness (QED) is 0.666. The van der Waals surface area contributed by atoms with Crippen LogP contribution in [0.2, 0.25) is 0 Å². The van der Waals surface area contributed by atoms with E-state index in [0.29, 0.717) is 5.41 Å². The van der Waals surface area contributed by atoms with Crippen LogP contribution in [0.15, 0.2) is 36.4 Å². The molecule has 2 aliphatic carbocycles. The maximum absolute atomic E-state index is 12.3. The van der Waals surface area contributed by atoms with Gasteiger partial charge in [0.05, 0.1) is 5.60 Å². The molecule has 0 saturated heterocycles. The number of hydrogen-bond donors (Lipinski definition) is 1. The predicted molar refractivity (Wildman–Crippen MR) is 113 cm³/mol. The smallest absolute Gasteiger partial charge is 0.337 e. The Morgan fingerprint density at radius 1 is 1.18 bits per heavy atom. The zero-order valence-electron chi connectivity index (χ0n) is 17.3. The van der Waals surface area contributed by atoms with Crippen molar-refractivity contribution >= 4 is 22.3 Å². The standard InChI is InChI=1S/C25H30O3/c1-16-15-18-7-5-6-8-19(18)21(17-9-11-25(12-10-17)13-14-25)20(16)22(23(26)27)28-24(2,3)4/h5-9,15,22H,10-14H2,1-4H3,(H,26,27)/t22-/m0/s1. The molecule has 3 heteroatoms. The Bertz CT molecular complexity index is 958. The van der Waals surface area contributed by atoms with Gasteiger partial charge in [-0.25, -0.2) is 4.79 Å². The number of fused-ring (bicyclic) bond motifs is 1. The number of carbonyl (C=O) groups is 1. The highest BCUT2D eigenvalue weighted by Gasteiger charge is 2.43. The summed E-state index contributed by atoms with van der Waals surface area (Å²) in [5, 5.41) is 12.3. The van der Waals surface area contributed by atoms with E-state index < -0.39 is 17.7 Å². The van der Waals surface area contributed by atoms with Gasteiger partial charge in [0.1, 0.15) is 0 Å². The average molecular weight is 379 g/mol.